The van der Waals surface area contributed by atoms with Crippen LogP contribution in [0.4, 0.5) is 5.69 Å². The van der Waals surface area contributed by atoms with Crippen molar-refractivity contribution in [3.63, 3.8) is 0 Å². The van der Waals surface area contributed by atoms with Crippen molar-refractivity contribution in [1.82, 2.24) is 24.5 Å². The predicted molar refractivity (Wildman–Crippen MR) is 76.7 cm³/mol. The average molecular weight is 268 g/mol. The van der Waals surface area contributed by atoms with E-state index in [9.17, 15) is 0 Å². The number of aromatic nitrogens is 5. The van der Waals surface area contributed by atoms with E-state index in [-0.39, 0.29) is 0 Å². The summed E-state index contributed by atoms with van der Waals surface area (Å²) >= 11 is 0. The molecule has 0 aromatic carbocycles. The van der Waals surface area contributed by atoms with Crippen LogP contribution in [0.25, 0.3) is 5.82 Å². The molecule has 20 heavy (non-hydrogen) atoms. The molecule has 0 bridgehead atoms. The second-order valence-electron chi connectivity index (χ2n) is 4.60. The first-order valence-electron chi connectivity index (χ1n) is 6.43. The van der Waals surface area contributed by atoms with E-state index in [4.69, 9.17) is 0 Å². The Morgan fingerprint density at radius 1 is 1.15 bits per heavy atom. The summed E-state index contributed by atoms with van der Waals surface area (Å²) in [4.78, 5) is 16.0. The fourth-order valence-electron chi connectivity index (χ4n) is 2.01. The second kappa shape index (κ2) is 5.16. The van der Waals surface area contributed by atoms with E-state index in [2.05, 4.69) is 25.3 Å². The molecule has 0 saturated heterocycles. The molecule has 0 spiro atoms. The summed E-state index contributed by atoms with van der Waals surface area (Å²) in [6.07, 6.45) is 7.32. The third kappa shape index (κ3) is 2.54. The zero-order chi connectivity index (χ0) is 13.9. The van der Waals surface area contributed by atoms with Crippen LogP contribution in [0.1, 0.15) is 17.3 Å². The van der Waals surface area contributed by atoms with Gasteiger partial charge in [0.2, 0.25) is 0 Å². The number of aromatic amines is 1. The van der Waals surface area contributed by atoms with Crippen molar-refractivity contribution in [3.05, 3.63) is 54.3 Å². The average Bonchev–Trinajstić information content (AvgIpc) is 3.06. The Kier molecular flexibility index (Phi) is 3.20. The SMILES string of the molecule is Cc1ncc(CNc2ccc(-n3ccnc3C)nc2)[nH]1. The largest absolute Gasteiger partial charge is 0.378 e. The van der Waals surface area contributed by atoms with Crippen molar-refractivity contribution in [2.24, 2.45) is 0 Å². The molecule has 0 fully saturated rings. The minimum absolute atomic E-state index is 0.700. The number of anilines is 1. The molecule has 6 heteroatoms. The number of aryl methyl sites for hydroxylation is 2. The van der Waals surface area contributed by atoms with Gasteiger partial charge in [-0.05, 0) is 26.0 Å². The normalized spacial score (nSPS) is 10.7. The van der Waals surface area contributed by atoms with Gasteiger partial charge in [-0.15, -0.1) is 0 Å². The van der Waals surface area contributed by atoms with Crippen LogP contribution in [-0.4, -0.2) is 24.5 Å². The van der Waals surface area contributed by atoms with Gasteiger partial charge in [0.05, 0.1) is 30.3 Å². The third-order valence-corrected chi connectivity index (χ3v) is 3.06. The van der Waals surface area contributed by atoms with E-state index in [0.29, 0.717) is 6.54 Å². The molecule has 6 nitrogen and oxygen atoms in total. The van der Waals surface area contributed by atoms with Gasteiger partial charge in [-0.2, -0.15) is 0 Å². The molecule has 3 rings (SSSR count). The van der Waals surface area contributed by atoms with Crippen LogP contribution in [0, 0.1) is 13.8 Å². The zero-order valence-corrected chi connectivity index (χ0v) is 11.5. The third-order valence-electron chi connectivity index (χ3n) is 3.06. The van der Waals surface area contributed by atoms with Crippen molar-refractivity contribution in [1.29, 1.82) is 0 Å². The zero-order valence-electron chi connectivity index (χ0n) is 11.5. The number of H-pyrrole nitrogens is 1. The molecule has 102 valence electrons. The lowest BCUT2D eigenvalue weighted by Crippen LogP contribution is -2.02. The van der Waals surface area contributed by atoms with Gasteiger partial charge in [-0.25, -0.2) is 15.0 Å². The van der Waals surface area contributed by atoms with E-state index < -0.39 is 0 Å². The van der Waals surface area contributed by atoms with Gasteiger partial charge in [-0.1, -0.05) is 0 Å². The summed E-state index contributed by atoms with van der Waals surface area (Å²) in [6, 6.07) is 3.97. The lowest BCUT2D eigenvalue weighted by atomic mass is 10.3. The van der Waals surface area contributed by atoms with Crippen LogP contribution in [0.2, 0.25) is 0 Å². The Hall–Kier alpha value is -2.63. The molecule has 0 radical (unpaired) electrons. The van der Waals surface area contributed by atoms with Gasteiger partial charge in [-0.3, -0.25) is 4.57 Å². The van der Waals surface area contributed by atoms with Crippen molar-refractivity contribution >= 4 is 5.69 Å². The van der Waals surface area contributed by atoms with Crippen molar-refractivity contribution in [3.8, 4) is 5.82 Å². The number of hydrogen-bond donors (Lipinski definition) is 2. The van der Waals surface area contributed by atoms with Gasteiger partial charge in [0, 0.05) is 12.4 Å². The first-order valence-corrected chi connectivity index (χ1v) is 6.43. The number of pyridine rings is 1. The van der Waals surface area contributed by atoms with Crippen LogP contribution in [0.3, 0.4) is 0 Å². The fourth-order valence-corrected chi connectivity index (χ4v) is 2.01. The summed E-state index contributed by atoms with van der Waals surface area (Å²) in [6.45, 7) is 4.59. The van der Waals surface area contributed by atoms with Gasteiger partial charge < -0.3 is 10.3 Å². The summed E-state index contributed by atoms with van der Waals surface area (Å²) in [5.41, 5.74) is 2.02. The van der Waals surface area contributed by atoms with Crippen molar-refractivity contribution in [2.45, 2.75) is 20.4 Å². The standard InChI is InChI=1S/C14H16N6/c1-10-16-8-13(19-10)9-17-12-3-4-14(18-7-12)20-6-5-15-11(20)2/h3-8,17H,9H2,1-2H3,(H,16,19). The Morgan fingerprint density at radius 2 is 2.05 bits per heavy atom. The Labute approximate surface area is 116 Å². The molecule has 0 amide bonds. The summed E-state index contributed by atoms with van der Waals surface area (Å²) in [7, 11) is 0. The molecular weight excluding hydrogens is 252 g/mol. The summed E-state index contributed by atoms with van der Waals surface area (Å²) in [5.74, 6) is 2.71. The lowest BCUT2D eigenvalue weighted by Gasteiger charge is -2.07. The number of rotatable bonds is 4. The Morgan fingerprint density at radius 3 is 2.65 bits per heavy atom. The molecule has 3 aromatic rings. The van der Waals surface area contributed by atoms with E-state index in [1.807, 2.05) is 49.1 Å². The quantitative estimate of drug-likeness (QED) is 0.761. The fraction of sp³-hybridized carbons (Fsp3) is 0.214. The topological polar surface area (TPSA) is 71.4 Å². The highest BCUT2D eigenvalue weighted by Gasteiger charge is 2.02. The Bertz CT molecular complexity index is 695. The maximum Gasteiger partial charge on any atom is 0.138 e. The van der Waals surface area contributed by atoms with Crippen molar-refractivity contribution in [2.75, 3.05) is 5.32 Å². The van der Waals surface area contributed by atoms with Gasteiger partial charge in [0.15, 0.2) is 0 Å². The van der Waals surface area contributed by atoms with Crippen molar-refractivity contribution < 1.29 is 0 Å². The molecule has 0 unspecified atom stereocenters. The minimum atomic E-state index is 0.700. The maximum atomic E-state index is 4.43. The van der Waals surface area contributed by atoms with Crippen LogP contribution >= 0.6 is 0 Å². The number of imidazole rings is 2. The number of nitrogens with one attached hydrogen (secondary N) is 2. The van der Waals surface area contributed by atoms with E-state index in [0.717, 1.165) is 28.8 Å². The van der Waals surface area contributed by atoms with E-state index in [1.54, 1.807) is 6.20 Å². The maximum absolute atomic E-state index is 4.43. The molecule has 0 aliphatic rings. The lowest BCUT2D eigenvalue weighted by molar-refractivity contribution is 0.931. The molecule has 2 N–H and O–H groups in total. The van der Waals surface area contributed by atoms with E-state index in [1.165, 1.54) is 0 Å². The Balaban J connectivity index is 1.69. The van der Waals surface area contributed by atoms with Gasteiger partial charge in [0.25, 0.3) is 0 Å². The molecular formula is C14H16N6. The summed E-state index contributed by atoms with van der Waals surface area (Å²) < 4.78 is 1.95. The molecule has 3 heterocycles. The highest BCUT2D eigenvalue weighted by molar-refractivity contribution is 5.44. The molecule has 0 saturated carbocycles. The first-order chi connectivity index (χ1) is 9.72. The molecule has 0 aliphatic carbocycles. The second-order valence-corrected chi connectivity index (χ2v) is 4.60. The smallest absolute Gasteiger partial charge is 0.138 e. The molecule has 0 atom stereocenters. The highest BCUT2D eigenvalue weighted by atomic mass is 15.1. The van der Waals surface area contributed by atoms with Gasteiger partial charge in [0.1, 0.15) is 17.5 Å². The van der Waals surface area contributed by atoms with Crippen LogP contribution in [0.5, 0.6) is 0 Å². The minimum Gasteiger partial charge on any atom is -0.378 e. The first kappa shape index (κ1) is 12.4. The highest BCUT2D eigenvalue weighted by Crippen LogP contribution is 2.12. The molecule has 0 aliphatic heterocycles. The number of hydrogen-bond acceptors (Lipinski definition) is 4. The van der Waals surface area contributed by atoms with Crippen LogP contribution in [-0.2, 0) is 6.54 Å². The van der Waals surface area contributed by atoms with Gasteiger partial charge >= 0.3 is 0 Å². The molecule has 3 aromatic heterocycles. The monoisotopic (exact) mass is 268 g/mol. The van der Waals surface area contributed by atoms with E-state index >= 15 is 0 Å². The van der Waals surface area contributed by atoms with Crippen LogP contribution < -0.4 is 5.32 Å². The number of nitrogens with zero attached hydrogens (tertiary/aromatic N) is 4. The summed E-state index contributed by atoms with van der Waals surface area (Å²) in [5, 5.41) is 3.30. The van der Waals surface area contributed by atoms with Crippen LogP contribution in [0.15, 0.2) is 36.9 Å². The predicted octanol–water partition coefficient (Wildman–Crippen LogP) is 2.22.